The van der Waals surface area contributed by atoms with E-state index < -0.39 is 0 Å². The third-order valence-corrected chi connectivity index (χ3v) is 6.32. The molecule has 3 aliphatic heterocycles. The number of amides is 2. The molecule has 6 nitrogen and oxygen atoms in total. The van der Waals surface area contributed by atoms with E-state index in [2.05, 4.69) is 33.7 Å². The Labute approximate surface area is 167 Å². The number of nitrogens with one attached hydrogen (secondary N) is 2. The molecule has 3 aliphatic rings. The summed E-state index contributed by atoms with van der Waals surface area (Å²) in [5, 5.41) is 6.37. The number of hydrogen-bond acceptors (Lipinski definition) is 4. The van der Waals surface area contributed by atoms with Gasteiger partial charge in [-0.05, 0) is 69.2 Å². The molecule has 4 rings (SSSR count). The van der Waals surface area contributed by atoms with Gasteiger partial charge in [-0.1, -0.05) is 18.2 Å². The Hall–Kier alpha value is -1.92. The number of nitrogens with zero attached hydrogens (tertiary/aromatic N) is 2. The van der Waals surface area contributed by atoms with Crippen molar-refractivity contribution in [3.63, 3.8) is 0 Å². The Kier molecular flexibility index (Phi) is 6.27. The number of carbonyl (C=O) groups excluding carboxylic acids is 2. The fourth-order valence-corrected chi connectivity index (χ4v) is 4.81. The number of aryl methyl sites for hydroxylation is 1. The Morgan fingerprint density at radius 1 is 1.11 bits per heavy atom. The van der Waals surface area contributed by atoms with Gasteiger partial charge in [0.25, 0.3) is 0 Å². The van der Waals surface area contributed by atoms with Gasteiger partial charge in [0.15, 0.2) is 0 Å². The first-order valence-electron chi connectivity index (χ1n) is 10.8. The average Bonchev–Trinajstić information content (AvgIpc) is 3.27. The quantitative estimate of drug-likeness (QED) is 0.808. The van der Waals surface area contributed by atoms with Gasteiger partial charge < -0.3 is 15.5 Å². The summed E-state index contributed by atoms with van der Waals surface area (Å²) in [6.45, 7) is 4.81. The lowest BCUT2D eigenvalue weighted by atomic mass is 9.97. The van der Waals surface area contributed by atoms with Gasteiger partial charge in [-0.3, -0.25) is 14.5 Å². The molecule has 0 radical (unpaired) electrons. The summed E-state index contributed by atoms with van der Waals surface area (Å²) < 4.78 is 0. The fourth-order valence-electron chi connectivity index (χ4n) is 4.81. The lowest BCUT2D eigenvalue weighted by Gasteiger charge is -2.35. The molecule has 28 heavy (non-hydrogen) atoms. The van der Waals surface area contributed by atoms with Crippen molar-refractivity contribution in [3.05, 3.63) is 29.8 Å². The topological polar surface area (TPSA) is 64.7 Å². The van der Waals surface area contributed by atoms with Crippen LogP contribution in [0.1, 0.15) is 37.7 Å². The van der Waals surface area contributed by atoms with E-state index >= 15 is 0 Å². The van der Waals surface area contributed by atoms with Crippen molar-refractivity contribution in [2.45, 2.75) is 44.6 Å². The van der Waals surface area contributed by atoms with Crippen LogP contribution in [0.25, 0.3) is 0 Å². The highest BCUT2D eigenvalue weighted by atomic mass is 16.2. The highest BCUT2D eigenvalue weighted by Crippen LogP contribution is 2.27. The summed E-state index contributed by atoms with van der Waals surface area (Å²) in [5.74, 6) is 0.767. The molecule has 152 valence electrons. The van der Waals surface area contributed by atoms with E-state index in [1.165, 1.54) is 5.56 Å². The molecule has 2 atom stereocenters. The Bertz CT molecular complexity index is 702. The zero-order valence-corrected chi connectivity index (χ0v) is 16.7. The van der Waals surface area contributed by atoms with Crippen molar-refractivity contribution in [2.75, 3.05) is 44.2 Å². The molecule has 0 bridgehead atoms. The van der Waals surface area contributed by atoms with E-state index in [-0.39, 0.29) is 17.9 Å². The number of hydrogen-bond donors (Lipinski definition) is 2. The Morgan fingerprint density at radius 2 is 2.00 bits per heavy atom. The normalized spacial score (nSPS) is 25.4. The zero-order chi connectivity index (χ0) is 19.3. The van der Waals surface area contributed by atoms with E-state index in [0.29, 0.717) is 19.0 Å². The summed E-state index contributed by atoms with van der Waals surface area (Å²) in [7, 11) is 0. The zero-order valence-electron chi connectivity index (χ0n) is 16.7. The van der Waals surface area contributed by atoms with Gasteiger partial charge in [0, 0.05) is 25.3 Å². The van der Waals surface area contributed by atoms with Crippen molar-refractivity contribution in [3.8, 4) is 0 Å². The summed E-state index contributed by atoms with van der Waals surface area (Å²) in [4.78, 5) is 29.4. The number of piperidine rings is 1. The number of anilines is 1. The van der Waals surface area contributed by atoms with Gasteiger partial charge in [-0.15, -0.1) is 0 Å². The minimum atomic E-state index is -0.0135. The minimum absolute atomic E-state index is 0.0135. The first-order valence-corrected chi connectivity index (χ1v) is 10.8. The van der Waals surface area contributed by atoms with Crippen LogP contribution in [-0.4, -0.2) is 62.0 Å². The van der Waals surface area contributed by atoms with Crippen LogP contribution in [0, 0.1) is 5.92 Å². The number of likely N-dealkylation sites (tertiary alicyclic amines) is 1. The van der Waals surface area contributed by atoms with Crippen LogP contribution in [0.3, 0.4) is 0 Å². The van der Waals surface area contributed by atoms with Crippen LogP contribution < -0.4 is 15.5 Å². The second-order valence-electron chi connectivity index (χ2n) is 8.42. The third kappa shape index (κ3) is 4.55. The number of para-hydroxylation sites is 1. The molecule has 1 aromatic carbocycles. The van der Waals surface area contributed by atoms with Gasteiger partial charge >= 0.3 is 0 Å². The van der Waals surface area contributed by atoms with Gasteiger partial charge in [0.2, 0.25) is 11.8 Å². The van der Waals surface area contributed by atoms with E-state index in [1.54, 1.807) is 0 Å². The number of carbonyl (C=O) groups is 2. The molecular formula is C22H32N4O2. The van der Waals surface area contributed by atoms with Crippen molar-refractivity contribution < 1.29 is 9.59 Å². The standard InChI is InChI=1S/C22H32N4O2/c27-21(26-13-5-8-18-7-1-2-10-20(18)26)16-25-12-4-6-17(15-25)14-24-22(28)19-9-3-11-23-19/h1-2,7,10,17,19,23H,3-6,8-9,11-16H2,(H,24,28). The summed E-state index contributed by atoms with van der Waals surface area (Å²) in [5.41, 5.74) is 2.37. The molecule has 2 unspecified atom stereocenters. The molecule has 0 aromatic heterocycles. The van der Waals surface area contributed by atoms with Crippen molar-refractivity contribution >= 4 is 17.5 Å². The maximum absolute atomic E-state index is 13.0. The fraction of sp³-hybridized carbons (Fsp3) is 0.636. The number of benzene rings is 1. The van der Waals surface area contributed by atoms with Crippen LogP contribution >= 0.6 is 0 Å². The van der Waals surface area contributed by atoms with Gasteiger partial charge in [0.1, 0.15) is 0 Å². The average molecular weight is 385 g/mol. The Morgan fingerprint density at radius 3 is 2.86 bits per heavy atom. The van der Waals surface area contributed by atoms with E-state index in [9.17, 15) is 9.59 Å². The van der Waals surface area contributed by atoms with Crippen LogP contribution in [0.4, 0.5) is 5.69 Å². The summed E-state index contributed by atoms with van der Waals surface area (Å²) in [6.07, 6.45) is 6.32. The first-order chi connectivity index (χ1) is 13.7. The van der Waals surface area contributed by atoms with Crippen LogP contribution in [0.15, 0.2) is 24.3 Å². The van der Waals surface area contributed by atoms with Crippen LogP contribution in [0.5, 0.6) is 0 Å². The van der Waals surface area contributed by atoms with Crippen LogP contribution in [-0.2, 0) is 16.0 Å². The largest absolute Gasteiger partial charge is 0.354 e. The number of fused-ring (bicyclic) bond motifs is 1. The molecule has 6 heteroatoms. The summed E-state index contributed by atoms with van der Waals surface area (Å²) in [6, 6.07) is 8.26. The molecule has 2 saturated heterocycles. The molecule has 2 N–H and O–H groups in total. The SMILES string of the molecule is O=C(NCC1CCCN(CC(=O)N2CCCc3ccccc32)C1)C1CCCN1. The van der Waals surface area contributed by atoms with Crippen molar-refractivity contribution in [1.29, 1.82) is 0 Å². The molecule has 2 amide bonds. The maximum Gasteiger partial charge on any atom is 0.241 e. The van der Waals surface area contributed by atoms with Gasteiger partial charge in [-0.25, -0.2) is 0 Å². The second kappa shape index (κ2) is 9.05. The minimum Gasteiger partial charge on any atom is -0.354 e. The maximum atomic E-state index is 13.0. The molecule has 0 aliphatic carbocycles. The lowest BCUT2D eigenvalue weighted by Crippen LogP contribution is -2.48. The van der Waals surface area contributed by atoms with Gasteiger partial charge in [-0.2, -0.15) is 0 Å². The smallest absolute Gasteiger partial charge is 0.241 e. The van der Waals surface area contributed by atoms with E-state index in [1.807, 2.05) is 11.0 Å². The number of rotatable bonds is 5. The second-order valence-corrected chi connectivity index (χ2v) is 8.42. The van der Waals surface area contributed by atoms with Crippen molar-refractivity contribution in [1.82, 2.24) is 15.5 Å². The summed E-state index contributed by atoms with van der Waals surface area (Å²) >= 11 is 0. The van der Waals surface area contributed by atoms with Crippen molar-refractivity contribution in [2.24, 2.45) is 5.92 Å². The van der Waals surface area contributed by atoms with E-state index in [4.69, 9.17) is 0 Å². The molecule has 0 saturated carbocycles. The predicted molar refractivity (Wildman–Crippen MR) is 110 cm³/mol. The highest BCUT2D eigenvalue weighted by molar-refractivity contribution is 5.96. The van der Waals surface area contributed by atoms with Crippen LogP contribution in [0.2, 0.25) is 0 Å². The Balaban J connectivity index is 1.28. The lowest BCUT2D eigenvalue weighted by molar-refractivity contribution is -0.123. The third-order valence-electron chi connectivity index (χ3n) is 6.32. The molecule has 1 aromatic rings. The van der Waals surface area contributed by atoms with Gasteiger partial charge in [0.05, 0.1) is 12.6 Å². The molecule has 3 heterocycles. The first kappa shape index (κ1) is 19.4. The monoisotopic (exact) mass is 384 g/mol. The van der Waals surface area contributed by atoms with E-state index in [0.717, 1.165) is 70.4 Å². The molecule has 2 fully saturated rings. The molecule has 0 spiro atoms. The molecular weight excluding hydrogens is 352 g/mol. The predicted octanol–water partition coefficient (Wildman–Crippen LogP) is 1.55. The highest BCUT2D eigenvalue weighted by Gasteiger charge is 2.28.